The van der Waals surface area contributed by atoms with Crippen LogP contribution < -0.4 is 10.5 Å². The maximum absolute atomic E-state index is 12.2. The Balaban J connectivity index is 2.94. The minimum atomic E-state index is -4.42. The molecule has 0 aliphatic heterocycles. The molecule has 1 atom stereocenters. The van der Waals surface area contributed by atoms with Crippen molar-refractivity contribution in [3.63, 3.8) is 0 Å². The van der Waals surface area contributed by atoms with Gasteiger partial charge >= 0.3 is 6.18 Å². The van der Waals surface area contributed by atoms with E-state index >= 15 is 0 Å². The van der Waals surface area contributed by atoms with Gasteiger partial charge in [0.2, 0.25) is 0 Å². The molecule has 1 aromatic heterocycles. The summed E-state index contributed by atoms with van der Waals surface area (Å²) < 4.78 is 41.2. The van der Waals surface area contributed by atoms with Crippen LogP contribution in [0.3, 0.4) is 0 Å². The highest BCUT2D eigenvalue weighted by Gasteiger charge is 2.39. The van der Waals surface area contributed by atoms with Crippen LogP contribution in [-0.4, -0.2) is 13.3 Å². The monoisotopic (exact) mass is 211 g/mol. The Labute approximate surface area is 77.1 Å². The molecule has 0 bridgehead atoms. The predicted octanol–water partition coefficient (Wildman–Crippen LogP) is 2.32. The molecule has 2 nitrogen and oxygen atoms in total. The van der Waals surface area contributed by atoms with E-state index in [1.165, 1.54) is 17.9 Å². The summed E-state index contributed by atoms with van der Waals surface area (Å²) in [4.78, 5) is 0. The van der Waals surface area contributed by atoms with Crippen LogP contribution in [0.4, 0.5) is 13.2 Å². The average molecular weight is 211 g/mol. The third-order valence-corrected chi connectivity index (χ3v) is 2.30. The lowest BCUT2D eigenvalue weighted by molar-refractivity contribution is -0.149. The van der Waals surface area contributed by atoms with Gasteiger partial charge in [0, 0.05) is 10.9 Å². The van der Waals surface area contributed by atoms with E-state index in [9.17, 15) is 13.2 Å². The van der Waals surface area contributed by atoms with Crippen molar-refractivity contribution in [3.8, 4) is 5.75 Å². The Kier molecular flexibility index (Phi) is 2.82. The van der Waals surface area contributed by atoms with Crippen LogP contribution in [0.5, 0.6) is 5.75 Å². The van der Waals surface area contributed by atoms with Crippen molar-refractivity contribution in [1.29, 1.82) is 0 Å². The number of alkyl halides is 3. The fourth-order valence-corrected chi connectivity index (χ4v) is 1.70. The van der Waals surface area contributed by atoms with Crippen LogP contribution >= 0.6 is 11.3 Å². The standard InChI is InChI=1S/C7H8F3NOS/c1-12-5-3-13-2-4(5)6(11)7(8,9)10/h2-3,6H,11H2,1H3. The van der Waals surface area contributed by atoms with Gasteiger partial charge in [-0.05, 0) is 5.38 Å². The largest absolute Gasteiger partial charge is 0.496 e. The summed E-state index contributed by atoms with van der Waals surface area (Å²) in [6.45, 7) is 0. The highest BCUT2D eigenvalue weighted by atomic mass is 32.1. The minimum absolute atomic E-state index is 0.0139. The van der Waals surface area contributed by atoms with Gasteiger partial charge in [-0.2, -0.15) is 13.2 Å². The molecule has 1 heterocycles. The molecule has 0 radical (unpaired) electrons. The molecule has 6 heteroatoms. The molecule has 0 saturated carbocycles. The smallest absolute Gasteiger partial charge is 0.407 e. The van der Waals surface area contributed by atoms with Crippen molar-refractivity contribution in [2.24, 2.45) is 5.73 Å². The SMILES string of the molecule is COc1cscc1C(N)C(F)(F)F. The van der Waals surface area contributed by atoms with Gasteiger partial charge in [-0.1, -0.05) is 0 Å². The van der Waals surface area contributed by atoms with Gasteiger partial charge in [0.1, 0.15) is 11.8 Å². The normalized spacial score (nSPS) is 14.2. The first-order chi connectivity index (χ1) is 5.96. The molecule has 13 heavy (non-hydrogen) atoms. The summed E-state index contributed by atoms with van der Waals surface area (Å²) in [5.74, 6) is 0.190. The number of thiophene rings is 1. The highest BCUT2D eigenvalue weighted by Crippen LogP contribution is 2.37. The van der Waals surface area contributed by atoms with Gasteiger partial charge < -0.3 is 10.5 Å². The Morgan fingerprint density at radius 1 is 1.46 bits per heavy atom. The molecule has 0 amide bonds. The maximum Gasteiger partial charge on any atom is 0.407 e. The van der Waals surface area contributed by atoms with Gasteiger partial charge in [0.15, 0.2) is 0 Å². The number of rotatable bonds is 2. The van der Waals surface area contributed by atoms with Crippen LogP contribution in [0.25, 0.3) is 0 Å². The zero-order chi connectivity index (χ0) is 10.1. The molecule has 0 fully saturated rings. The van der Waals surface area contributed by atoms with Gasteiger partial charge in [-0.25, -0.2) is 0 Å². The van der Waals surface area contributed by atoms with E-state index in [2.05, 4.69) is 0 Å². The van der Waals surface area contributed by atoms with Crippen LogP contribution in [0.15, 0.2) is 10.8 Å². The van der Waals surface area contributed by atoms with Crippen LogP contribution in [-0.2, 0) is 0 Å². The summed E-state index contributed by atoms with van der Waals surface area (Å²) in [7, 11) is 1.31. The van der Waals surface area contributed by atoms with E-state index in [0.29, 0.717) is 0 Å². The Morgan fingerprint density at radius 2 is 2.08 bits per heavy atom. The summed E-state index contributed by atoms with van der Waals surface area (Å²) >= 11 is 1.13. The zero-order valence-corrected chi connectivity index (χ0v) is 7.58. The molecule has 0 spiro atoms. The highest BCUT2D eigenvalue weighted by molar-refractivity contribution is 7.08. The maximum atomic E-state index is 12.2. The van der Waals surface area contributed by atoms with E-state index in [1.807, 2.05) is 0 Å². The zero-order valence-electron chi connectivity index (χ0n) is 6.76. The molecule has 1 aromatic rings. The summed E-state index contributed by atoms with van der Waals surface area (Å²) in [6.07, 6.45) is -4.42. The van der Waals surface area contributed by atoms with E-state index < -0.39 is 12.2 Å². The van der Waals surface area contributed by atoms with Gasteiger partial charge in [-0.3, -0.25) is 0 Å². The number of methoxy groups -OCH3 is 1. The van der Waals surface area contributed by atoms with Crippen molar-refractivity contribution in [3.05, 3.63) is 16.3 Å². The molecule has 1 unspecified atom stereocenters. The van der Waals surface area contributed by atoms with Crippen molar-refractivity contribution >= 4 is 11.3 Å². The predicted molar refractivity (Wildman–Crippen MR) is 43.9 cm³/mol. The number of hydrogen-bond acceptors (Lipinski definition) is 3. The first-order valence-electron chi connectivity index (χ1n) is 3.39. The second kappa shape index (κ2) is 3.55. The van der Waals surface area contributed by atoms with Crippen LogP contribution in [0.2, 0.25) is 0 Å². The van der Waals surface area contributed by atoms with Gasteiger partial charge in [0.25, 0.3) is 0 Å². The third-order valence-electron chi connectivity index (χ3n) is 1.56. The van der Waals surface area contributed by atoms with Gasteiger partial charge in [0.05, 0.1) is 7.11 Å². The number of ether oxygens (including phenoxy) is 1. The molecule has 0 saturated heterocycles. The fraction of sp³-hybridized carbons (Fsp3) is 0.429. The number of nitrogens with two attached hydrogens (primary N) is 1. The molecule has 74 valence electrons. The van der Waals surface area contributed by atoms with Crippen molar-refractivity contribution in [1.82, 2.24) is 0 Å². The first-order valence-corrected chi connectivity index (χ1v) is 4.33. The Morgan fingerprint density at radius 3 is 2.54 bits per heavy atom. The average Bonchev–Trinajstić information content (AvgIpc) is 2.48. The van der Waals surface area contributed by atoms with E-state index in [1.54, 1.807) is 0 Å². The third kappa shape index (κ3) is 2.13. The lowest BCUT2D eigenvalue weighted by atomic mass is 10.1. The Bertz CT molecular complexity index is 284. The van der Waals surface area contributed by atoms with Crippen molar-refractivity contribution in [2.45, 2.75) is 12.2 Å². The molecule has 2 N–H and O–H groups in total. The van der Waals surface area contributed by atoms with E-state index in [-0.39, 0.29) is 11.3 Å². The van der Waals surface area contributed by atoms with Crippen molar-refractivity contribution in [2.75, 3.05) is 7.11 Å². The lowest BCUT2D eigenvalue weighted by Gasteiger charge is -2.15. The second-order valence-electron chi connectivity index (χ2n) is 2.41. The summed E-state index contributed by atoms with van der Waals surface area (Å²) in [6, 6.07) is -1.96. The molecule has 1 rings (SSSR count). The van der Waals surface area contributed by atoms with Crippen LogP contribution in [0, 0.1) is 0 Å². The number of hydrogen-bond donors (Lipinski definition) is 1. The first kappa shape index (κ1) is 10.3. The molecular formula is C7H8F3NOS. The van der Waals surface area contributed by atoms with E-state index in [4.69, 9.17) is 10.5 Å². The topological polar surface area (TPSA) is 35.2 Å². The Hall–Kier alpha value is -0.750. The summed E-state index contributed by atoms with van der Waals surface area (Å²) in [5.41, 5.74) is 4.98. The summed E-state index contributed by atoms with van der Waals surface area (Å²) in [5, 5.41) is 2.83. The quantitative estimate of drug-likeness (QED) is 0.814. The number of halogens is 3. The van der Waals surface area contributed by atoms with Crippen LogP contribution in [0.1, 0.15) is 11.6 Å². The molecular weight excluding hydrogens is 203 g/mol. The molecule has 0 aromatic carbocycles. The van der Waals surface area contributed by atoms with Crippen molar-refractivity contribution < 1.29 is 17.9 Å². The fourth-order valence-electron chi connectivity index (χ4n) is 0.864. The second-order valence-corrected chi connectivity index (χ2v) is 3.16. The van der Waals surface area contributed by atoms with Gasteiger partial charge in [-0.15, -0.1) is 11.3 Å². The molecule has 0 aliphatic rings. The van der Waals surface area contributed by atoms with E-state index in [0.717, 1.165) is 11.3 Å². The lowest BCUT2D eigenvalue weighted by Crippen LogP contribution is -2.28. The molecule has 0 aliphatic carbocycles. The minimum Gasteiger partial charge on any atom is -0.496 e.